The summed E-state index contributed by atoms with van der Waals surface area (Å²) in [5, 5.41) is 15.4. The second-order valence-electron chi connectivity index (χ2n) is 13.7. The van der Waals surface area contributed by atoms with E-state index in [1.807, 2.05) is 60.7 Å². The third kappa shape index (κ3) is 7.59. The molecule has 2 N–H and O–H groups in total. The molecule has 1 aliphatic heterocycles. The van der Waals surface area contributed by atoms with Crippen molar-refractivity contribution in [2.24, 2.45) is 0 Å². The van der Waals surface area contributed by atoms with Gasteiger partial charge in [0, 0.05) is 43.2 Å². The van der Waals surface area contributed by atoms with Gasteiger partial charge in [0.25, 0.3) is 0 Å². The number of aromatic nitrogens is 1. The summed E-state index contributed by atoms with van der Waals surface area (Å²) in [5.74, 6) is 0. The number of ether oxygens (including phenoxy) is 2. The summed E-state index contributed by atoms with van der Waals surface area (Å²) in [6.07, 6.45) is 1.27. The molecule has 9 heteroatoms. The van der Waals surface area contributed by atoms with Gasteiger partial charge in [0.15, 0.2) is 6.29 Å². The number of pyridine rings is 1. The van der Waals surface area contributed by atoms with E-state index in [0.29, 0.717) is 18.5 Å². The largest absolute Gasteiger partial charge is 0.392 e. The maximum absolute atomic E-state index is 13.3. The Morgan fingerprint density at radius 3 is 2.11 bits per heavy atom. The lowest BCUT2D eigenvalue weighted by Crippen LogP contribution is -2.37. The van der Waals surface area contributed by atoms with Crippen molar-refractivity contribution >= 4 is 42.5 Å². The molecule has 8 nitrogen and oxygen atoms in total. The van der Waals surface area contributed by atoms with Crippen molar-refractivity contribution < 1.29 is 23.0 Å². The van der Waals surface area contributed by atoms with Gasteiger partial charge in [0.2, 0.25) is 10.0 Å². The lowest BCUT2D eigenvalue weighted by molar-refractivity contribution is -0.252. The molecular weight excluding hydrogens is 683 g/mol. The highest BCUT2D eigenvalue weighted by Crippen LogP contribution is 2.39. The number of aliphatic hydroxyl groups excluding tert-OH is 1. The van der Waals surface area contributed by atoms with Gasteiger partial charge in [-0.1, -0.05) is 115 Å². The Hall–Kier alpha value is -5.00. The number of nitrogens with one attached hydrogen (secondary N) is 1. The maximum Gasteiger partial charge on any atom is 0.243 e. The van der Waals surface area contributed by atoms with Gasteiger partial charge < -0.3 is 14.6 Å². The van der Waals surface area contributed by atoms with Crippen LogP contribution in [0.25, 0.3) is 32.4 Å². The van der Waals surface area contributed by atoms with E-state index < -0.39 is 16.3 Å². The maximum atomic E-state index is 13.3. The number of sulfonamides is 1. The molecule has 8 rings (SSSR count). The molecule has 1 aromatic heterocycles. The summed E-state index contributed by atoms with van der Waals surface area (Å²) in [7, 11) is -1.67. The van der Waals surface area contributed by atoms with Gasteiger partial charge in [-0.2, -0.15) is 0 Å². The first-order chi connectivity index (χ1) is 25.8. The van der Waals surface area contributed by atoms with E-state index in [2.05, 4.69) is 76.3 Å². The van der Waals surface area contributed by atoms with Crippen molar-refractivity contribution in [3.05, 3.63) is 167 Å². The van der Waals surface area contributed by atoms with E-state index in [9.17, 15) is 13.5 Å². The van der Waals surface area contributed by atoms with Gasteiger partial charge in [-0.25, -0.2) is 13.1 Å². The SMILES string of the molecule is CN(Cc1c2ccccc2cc2ccccc12)CC1CC(c2ccc(CO)cc2)OC(c2ccc(CNS(=O)(=O)c3cccc4cccnc34)cc2)O1. The van der Waals surface area contributed by atoms with Crippen molar-refractivity contribution in [1.29, 1.82) is 0 Å². The average molecular weight is 724 g/mol. The molecule has 7 aromatic rings. The van der Waals surface area contributed by atoms with Crippen LogP contribution in [0.3, 0.4) is 0 Å². The van der Waals surface area contributed by atoms with Crippen molar-refractivity contribution in [3.8, 4) is 0 Å². The van der Waals surface area contributed by atoms with Crippen LogP contribution in [0.5, 0.6) is 0 Å². The number of benzene rings is 6. The molecule has 3 unspecified atom stereocenters. The van der Waals surface area contributed by atoms with Crippen molar-refractivity contribution in [1.82, 2.24) is 14.6 Å². The van der Waals surface area contributed by atoms with Gasteiger partial charge in [0.05, 0.1) is 24.3 Å². The van der Waals surface area contributed by atoms with Crippen LogP contribution in [0.4, 0.5) is 0 Å². The third-order valence-electron chi connectivity index (χ3n) is 10.0. The first-order valence-electron chi connectivity index (χ1n) is 17.9. The summed E-state index contributed by atoms with van der Waals surface area (Å²) in [6.45, 7) is 1.54. The number of aliphatic hydroxyl groups is 1. The Bertz CT molecular complexity index is 2430. The van der Waals surface area contributed by atoms with Crippen LogP contribution >= 0.6 is 0 Å². The minimum absolute atomic E-state index is 0.0187. The Morgan fingerprint density at radius 1 is 0.755 bits per heavy atom. The van der Waals surface area contributed by atoms with Crippen LogP contribution in [-0.2, 0) is 39.2 Å². The average Bonchev–Trinajstić information content (AvgIpc) is 3.20. The molecule has 1 aliphatic rings. The summed E-state index contributed by atoms with van der Waals surface area (Å²) >= 11 is 0. The fourth-order valence-corrected chi connectivity index (χ4v) is 8.53. The smallest absolute Gasteiger partial charge is 0.243 e. The van der Waals surface area contributed by atoms with Crippen LogP contribution in [0, 0.1) is 0 Å². The van der Waals surface area contributed by atoms with E-state index in [1.54, 1.807) is 24.4 Å². The molecule has 0 spiro atoms. The minimum Gasteiger partial charge on any atom is -0.392 e. The highest BCUT2D eigenvalue weighted by molar-refractivity contribution is 7.89. The Kier molecular flexibility index (Phi) is 10.0. The van der Waals surface area contributed by atoms with E-state index in [1.165, 1.54) is 27.1 Å². The zero-order chi connectivity index (χ0) is 36.4. The molecule has 0 saturated carbocycles. The zero-order valence-corrected chi connectivity index (χ0v) is 30.2. The van der Waals surface area contributed by atoms with E-state index in [4.69, 9.17) is 9.47 Å². The number of nitrogens with zero attached hydrogens (tertiary/aromatic N) is 2. The highest BCUT2D eigenvalue weighted by Gasteiger charge is 2.33. The Balaban J connectivity index is 1.01. The summed E-state index contributed by atoms with van der Waals surface area (Å²) in [5.41, 5.74) is 5.26. The van der Waals surface area contributed by atoms with Crippen LogP contribution in [-0.4, -0.2) is 43.1 Å². The zero-order valence-electron chi connectivity index (χ0n) is 29.4. The van der Waals surface area contributed by atoms with Gasteiger partial charge in [-0.15, -0.1) is 0 Å². The van der Waals surface area contributed by atoms with E-state index >= 15 is 0 Å². The Morgan fingerprint density at radius 2 is 1.40 bits per heavy atom. The van der Waals surface area contributed by atoms with Crippen LogP contribution < -0.4 is 4.72 Å². The third-order valence-corrected chi connectivity index (χ3v) is 11.5. The van der Waals surface area contributed by atoms with Crippen LogP contribution in [0.2, 0.25) is 0 Å². The monoisotopic (exact) mass is 723 g/mol. The summed E-state index contributed by atoms with van der Waals surface area (Å²) < 4.78 is 42.6. The first-order valence-corrected chi connectivity index (χ1v) is 19.3. The van der Waals surface area contributed by atoms with Gasteiger partial charge in [-0.3, -0.25) is 9.88 Å². The molecule has 1 saturated heterocycles. The number of rotatable bonds is 11. The molecule has 1 fully saturated rings. The molecule has 268 valence electrons. The van der Waals surface area contributed by atoms with Crippen molar-refractivity contribution in [3.63, 3.8) is 0 Å². The van der Waals surface area contributed by atoms with Gasteiger partial charge in [0.1, 0.15) is 4.90 Å². The van der Waals surface area contributed by atoms with Crippen molar-refractivity contribution in [2.75, 3.05) is 13.6 Å². The van der Waals surface area contributed by atoms with Crippen molar-refractivity contribution in [2.45, 2.75) is 49.5 Å². The fraction of sp³-hybridized carbons (Fsp3) is 0.205. The fourth-order valence-electron chi connectivity index (χ4n) is 7.34. The molecule has 0 amide bonds. The number of hydrogen-bond donors (Lipinski definition) is 2. The second kappa shape index (κ2) is 15.2. The first kappa shape index (κ1) is 35.1. The number of hydrogen-bond acceptors (Lipinski definition) is 7. The predicted octanol–water partition coefficient (Wildman–Crippen LogP) is 8.19. The summed E-state index contributed by atoms with van der Waals surface area (Å²) in [4.78, 5) is 6.79. The molecule has 53 heavy (non-hydrogen) atoms. The highest BCUT2D eigenvalue weighted by atomic mass is 32.2. The standard InChI is InChI=1S/C44H41N3O5S/c1-47(28-40-38-12-4-2-8-35(38)24-36-9-3-5-13-39(36)40)27-37-25-41(32-19-17-31(29-48)18-20-32)52-44(51-37)34-21-15-30(16-22-34)26-46-53(49,50)42-14-6-10-33-11-7-23-45-43(33)42/h2-24,37,41,44,46,48H,25-29H2,1H3. The number of fused-ring (bicyclic) bond motifs is 3. The van der Waals surface area contributed by atoms with E-state index in [-0.39, 0.29) is 30.3 Å². The van der Waals surface area contributed by atoms with Crippen LogP contribution in [0.1, 0.15) is 46.6 Å². The molecule has 2 heterocycles. The second-order valence-corrected chi connectivity index (χ2v) is 15.5. The normalized spacial score (nSPS) is 17.9. The molecular formula is C44H41N3O5S. The topological polar surface area (TPSA) is 101 Å². The van der Waals surface area contributed by atoms with Crippen LogP contribution in [0.15, 0.2) is 145 Å². The molecule has 6 aromatic carbocycles. The summed E-state index contributed by atoms with van der Waals surface area (Å²) in [6, 6.07) is 43.7. The predicted molar refractivity (Wildman–Crippen MR) is 208 cm³/mol. The Labute approximate surface area is 309 Å². The minimum atomic E-state index is -3.81. The van der Waals surface area contributed by atoms with E-state index in [0.717, 1.165) is 34.2 Å². The van der Waals surface area contributed by atoms with Gasteiger partial charge in [-0.05, 0) is 69.0 Å². The lowest BCUT2D eigenvalue weighted by Gasteiger charge is -2.38. The molecule has 3 atom stereocenters. The molecule has 0 aliphatic carbocycles. The lowest BCUT2D eigenvalue weighted by atomic mass is 9.96. The molecule has 0 radical (unpaired) electrons. The van der Waals surface area contributed by atoms with Gasteiger partial charge >= 0.3 is 0 Å². The number of para-hydroxylation sites is 1. The number of likely N-dealkylation sites (N-methyl/N-ethyl adjacent to an activating group) is 1. The molecule has 0 bridgehead atoms. The quantitative estimate of drug-likeness (QED) is 0.130.